The minimum Gasteiger partial charge on any atom is -0.461 e. The molecule has 2 heterocycles. The molecule has 10 heteroatoms. The largest absolute Gasteiger partial charge is 0.461 e. The molecule has 7 nitrogen and oxygen atoms in total. The molecule has 0 aromatic carbocycles. The molecule has 2 aromatic heterocycles. The summed E-state index contributed by atoms with van der Waals surface area (Å²) >= 11 is 0. The average Bonchev–Trinajstić information content (AvgIpc) is 2.91. The summed E-state index contributed by atoms with van der Waals surface area (Å²) in [5.74, 6) is -1.28. The van der Waals surface area contributed by atoms with Crippen LogP contribution in [0.4, 0.5) is 13.2 Å². The molecular formula is C19H24F3N3O4. The van der Waals surface area contributed by atoms with Gasteiger partial charge >= 0.3 is 12.1 Å². The number of carbonyl (C=O) groups excluding carboxylic acids is 1. The molecule has 1 atom stereocenters. The second-order valence-corrected chi connectivity index (χ2v) is 7.43. The molecule has 0 aliphatic heterocycles. The fraction of sp³-hybridized carbons (Fsp3) is 0.526. The maximum atomic E-state index is 13.7. The van der Waals surface area contributed by atoms with E-state index in [1.54, 1.807) is 27.7 Å². The van der Waals surface area contributed by atoms with E-state index in [0.29, 0.717) is 0 Å². The predicted molar refractivity (Wildman–Crippen MR) is 97.9 cm³/mol. The highest BCUT2D eigenvalue weighted by molar-refractivity contribution is 5.89. The zero-order chi connectivity index (χ0) is 22.1. The first-order valence-electron chi connectivity index (χ1n) is 8.98. The van der Waals surface area contributed by atoms with Crippen molar-refractivity contribution in [2.45, 2.75) is 59.4 Å². The van der Waals surface area contributed by atoms with Crippen LogP contribution in [0.2, 0.25) is 0 Å². The summed E-state index contributed by atoms with van der Waals surface area (Å²) in [7, 11) is 0. The number of carbonyl (C=O) groups is 1. The van der Waals surface area contributed by atoms with Crippen LogP contribution in [0.3, 0.4) is 0 Å². The number of aromatic nitrogens is 3. The van der Waals surface area contributed by atoms with Crippen molar-refractivity contribution in [3.05, 3.63) is 34.8 Å². The highest BCUT2D eigenvalue weighted by Crippen LogP contribution is 2.42. The summed E-state index contributed by atoms with van der Waals surface area (Å²) in [5.41, 5.74) is -2.26. The van der Waals surface area contributed by atoms with Gasteiger partial charge in [-0.05, 0) is 47.6 Å². The molecule has 0 spiro atoms. The van der Waals surface area contributed by atoms with Crippen molar-refractivity contribution in [3.8, 4) is 11.6 Å². The first-order valence-corrected chi connectivity index (χ1v) is 8.98. The van der Waals surface area contributed by atoms with E-state index in [4.69, 9.17) is 9.47 Å². The number of ether oxygens (including phenoxy) is 2. The van der Waals surface area contributed by atoms with Crippen molar-refractivity contribution in [1.82, 2.24) is 14.8 Å². The molecule has 2 rings (SSSR count). The number of alkyl halides is 3. The Morgan fingerprint density at radius 2 is 1.93 bits per heavy atom. The molecule has 2 aromatic rings. The van der Waals surface area contributed by atoms with Crippen molar-refractivity contribution in [3.63, 3.8) is 0 Å². The van der Waals surface area contributed by atoms with Gasteiger partial charge in [0.25, 0.3) is 0 Å². The number of pyridine rings is 1. The second kappa shape index (κ2) is 8.02. The Hall–Kier alpha value is -2.62. The number of aliphatic hydroxyl groups excluding tert-OH is 1. The van der Waals surface area contributed by atoms with Crippen LogP contribution in [0.25, 0.3) is 0 Å². The molecule has 0 amide bonds. The summed E-state index contributed by atoms with van der Waals surface area (Å²) in [6.45, 7) is 9.75. The zero-order valence-corrected chi connectivity index (χ0v) is 17.1. The molecule has 1 N–H and O–H groups in total. The number of halogens is 3. The molecular weight excluding hydrogens is 391 g/mol. The van der Waals surface area contributed by atoms with Gasteiger partial charge < -0.3 is 14.6 Å². The SMILES string of the molecule is CCOC(=O)c1nn(C(C)(C)C)c(Oc2ccnc(C(C)O)c2C(F)(F)F)c1C. The maximum absolute atomic E-state index is 13.7. The van der Waals surface area contributed by atoms with E-state index in [9.17, 15) is 23.1 Å². The highest BCUT2D eigenvalue weighted by atomic mass is 19.4. The van der Waals surface area contributed by atoms with Gasteiger partial charge in [0, 0.05) is 11.8 Å². The molecule has 160 valence electrons. The Kier molecular flexibility index (Phi) is 6.27. The van der Waals surface area contributed by atoms with Crippen LogP contribution in [0.1, 0.15) is 68.0 Å². The van der Waals surface area contributed by atoms with Crippen molar-refractivity contribution in [2.24, 2.45) is 0 Å². The van der Waals surface area contributed by atoms with Gasteiger partial charge in [-0.25, -0.2) is 9.48 Å². The Morgan fingerprint density at radius 3 is 2.41 bits per heavy atom. The summed E-state index contributed by atoms with van der Waals surface area (Å²) in [5, 5.41) is 14.0. The van der Waals surface area contributed by atoms with E-state index in [-0.39, 0.29) is 23.7 Å². The van der Waals surface area contributed by atoms with Crippen molar-refractivity contribution in [1.29, 1.82) is 0 Å². The van der Waals surface area contributed by atoms with Crippen LogP contribution >= 0.6 is 0 Å². The summed E-state index contributed by atoms with van der Waals surface area (Å²) in [6.07, 6.45) is -5.16. The quantitative estimate of drug-likeness (QED) is 0.730. The Morgan fingerprint density at radius 1 is 1.31 bits per heavy atom. The lowest BCUT2D eigenvalue weighted by Crippen LogP contribution is -2.24. The summed E-state index contributed by atoms with van der Waals surface area (Å²) in [4.78, 5) is 15.9. The van der Waals surface area contributed by atoms with E-state index in [1.165, 1.54) is 18.5 Å². The molecule has 0 fully saturated rings. The van der Waals surface area contributed by atoms with Gasteiger partial charge in [-0.1, -0.05) is 0 Å². The Balaban J connectivity index is 2.69. The van der Waals surface area contributed by atoms with Gasteiger partial charge in [-0.15, -0.1) is 0 Å². The number of hydrogen-bond donors (Lipinski definition) is 1. The van der Waals surface area contributed by atoms with Crippen LogP contribution < -0.4 is 4.74 Å². The standard InChI is InChI=1S/C19H24F3N3O4/c1-7-28-17(27)14-10(2)16(25(24-14)18(4,5)6)29-12-8-9-23-15(11(3)26)13(12)19(20,21)22/h8-9,11,26H,7H2,1-6H3. The number of rotatable bonds is 5. The van der Waals surface area contributed by atoms with Gasteiger partial charge in [0.1, 0.15) is 11.3 Å². The molecule has 1 unspecified atom stereocenters. The summed E-state index contributed by atoms with van der Waals surface area (Å²) in [6, 6.07) is 1.05. The second-order valence-electron chi connectivity index (χ2n) is 7.43. The molecule has 0 aliphatic rings. The minimum atomic E-state index is -4.82. The topological polar surface area (TPSA) is 86.5 Å². The Labute approximate surface area is 166 Å². The van der Waals surface area contributed by atoms with Crippen molar-refractivity contribution < 1.29 is 32.5 Å². The lowest BCUT2D eigenvalue weighted by molar-refractivity contribution is -0.140. The van der Waals surface area contributed by atoms with Crippen molar-refractivity contribution >= 4 is 5.97 Å². The average molecular weight is 415 g/mol. The number of aliphatic hydroxyl groups is 1. The lowest BCUT2D eigenvalue weighted by atomic mass is 10.1. The third-order valence-electron chi connectivity index (χ3n) is 4.00. The monoisotopic (exact) mass is 415 g/mol. The van der Waals surface area contributed by atoms with Crippen LogP contribution in [-0.4, -0.2) is 32.4 Å². The number of nitrogens with zero attached hydrogens (tertiary/aromatic N) is 3. The van der Waals surface area contributed by atoms with Gasteiger partial charge in [-0.3, -0.25) is 4.98 Å². The molecule has 0 saturated carbocycles. The molecule has 29 heavy (non-hydrogen) atoms. The molecule has 0 aliphatic carbocycles. The van der Waals surface area contributed by atoms with E-state index >= 15 is 0 Å². The first-order chi connectivity index (χ1) is 13.3. The summed E-state index contributed by atoms with van der Waals surface area (Å²) < 4.78 is 53.1. The van der Waals surface area contributed by atoms with Crippen molar-refractivity contribution in [2.75, 3.05) is 6.61 Å². The maximum Gasteiger partial charge on any atom is 0.421 e. The van der Waals surface area contributed by atoms with E-state index in [0.717, 1.165) is 12.3 Å². The third-order valence-corrected chi connectivity index (χ3v) is 4.00. The lowest BCUT2D eigenvalue weighted by Gasteiger charge is -2.23. The Bertz CT molecular complexity index is 899. The number of hydrogen-bond acceptors (Lipinski definition) is 6. The van der Waals surface area contributed by atoms with Crippen LogP contribution in [0, 0.1) is 6.92 Å². The fourth-order valence-corrected chi connectivity index (χ4v) is 2.70. The van der Waals surface area contributed by atoms with Crippen LogP contribution in [0.15, 0.2) is 12.3 Å². The van der Waals surface area contributed by atoms with Gasteiger partial charge in [-0.2, -0.15) is 18.3 Å². The third kappa shape index (κ3) is 4.69. The fourth-order valence-electron chi connectivity index (χ4n) is 2.70. The van der Waals surface area contributed by atoms with E-state index in [1.807, 2.05) is 0 Å². The normalized spacial score (nSPS) is 13.3. The number of esters is 1. The molecule has 0 radical (unpaired) electrons. The van der Waals surface area contributed by atoms with E-state index < -0.39 is 40.8 Å². The predicted octanol–water partition coefficient (Wildman–Crippen LogP) is 4.38. The van der Waals surface area contributed by atoms with E-state index in [2.05, 4.69) is 10.1 Å². The highest BCUT2D eigenvalue weighted by Gasteiger charge is 2.40. The smallest absolute Gasteiger partial charge is 0.421 e. The first kappa shape index (κ1) is 22.7. The van der Waals surface area contributed by atoms with Gasteiger partial charge in [0.05, 0.1) is 23.9 Å². The zero-order valence-electron chi connectivity index (χ0n) is 17.1. The molecule has 0 saturated heterocycles. The van der Waals surface area contributed by atoms with Crippen LogP contribution in [-0.2, 0) is 16.5 Å². The molecule has 0 bridgehead atoms. The van der Waals surface area contributed by atoms with Gasteiger partial charge in [0.15, 0.2) is 5.69 Å². The van der Waals surface area contributed by atoms with Gasteiger partial charge in [0.2, 0.25) is 5.88 Å². The minimum absolute atomic E-state index is 0.0335. The van der Waals surface area contributed by atoms with Crippen LogP contribution in [0.5, 0.6) is 11.6 Å².